The summed E-state index contributed by atoms with van der Waals surface area (Å²) in [5.41, 5.74) is 5.27. The summed E-state index contributed by atoms with van der Waals surface area (Å²) in [5.74, 6) is -2.14. The van der Waals surface area contributed by atoms with Gasteiger partial charge in [-0.15, -0.1) is 13.2 Å². The second-order valence-electron chi connectivity index (χ2n) is 3.62. The van der Waals surface area contributed by atoms with Crippen molar-refractivity contribution in [2.45, 2.75) is 18.8 Å². The molecule has 2 N–H and O–H groups in total. The summed E-state index contributed by atoms with van der Waals surface area (Å²) in [7, 11) is 1.12. The van der Waals surface area contributed by atoms with E-state index in [-0.39, 0.29) is 12.0 Å². The van der Waals surface area contributed by atoms with Gasteiger partial charge in [0.2, 0.25) is 0 Å². The van der Waals surface area contributed by atoms with Gasteiger partial charge in [0.15, 0.2) is 0 Å². The van der Waals surface area contributed by atoms with Crippen molar-refractivity contribution in [2.24, 2.45) is 5.73 Å². The maximum atomic E-state index is 13.4. The number of ether oxygens (including phenoxy) is 2. The quantitative estimate of drug-likeness (QED) is 0.679. The van der Waals surface area contributed by atoms with Gasteiger partial charge in [-0.05, 0) is 18.2 Å². The normalized spacial score (nSPS) is 12.9. The molecule has 1 aromatic carbocycles. The molecule has 106 valence electrons. The number of esters is 1. The number of methoxy groups -OCH3 is 1. The van der Waals surface area contributed by atoms with Crippen LogP contribution < -0.4 is 10.5 Å². The Balaban J connectivity index is 2.93. The van der Waals surface area contributed by atoms with E-state index < -0.39 is 29.9 Å². The summed E-state index contributed by atoms with van der Waals surface area (Å²) in [6, 6.07) is 1.28. The summed E-state index contributed by atoms with van der Waals surface area (Å²) < 4.78 is 57.5. The fourth-order valence-corrected chi connectivity index (χ4v) is 1.38. The van der Waals surface area contributed by atoms with Crippen LogP contribution >= 0.6 is 0 Å². The molecule has 0 radical (unpaired) electrons. The highest BCUT2D eigenvalue weighted by Crippen LogP contribution is 2.27. The molecule has 0 spiro atoms. The lowest BCUT2D eigenvalue weighted by atomic mass is 10.0. The number of alkyl halides is 3. The van der Waals surface area contributed by atoms with Gasteiger partial charge in [-0.3, -0.25) is 4.79 Å². The van der Waals surface area contributed by atoms with E-state index in [4.69, 9.17) is 5.73 Å². The van der Waals surface area contributed by atoms with Crippen molar-refractivity contribution < 1.29 is 31.8 Å². The molecule has 0 saturated carbocycles. The van der Waals surface area contributed by atoms with Gasteiger partial charge in [0, 0.05) is 11.6 Å². The first-order chi connectivity index (χ1) is 8.73. The summed E-state index contributed by atoms with van der Waals surface area (Å²) in [6.07, 6.45) is -5.25. The second kappa shape index (κ2) is 5.87. The van der Waals surface area contributed by atoms with Crippen LogP contribution in [0.5, 0.6) is 5.75 Å². The average molecular weight is 281 g/mol. The van der Waals surface area contributed by atoms with Crippen LogP contribution in [0.25, 0.3) is 0 Å². The molecule has 0 heterocycles. The molecule has 0 bridgehead atoms. The predicted molar refractivity (Wildman–Crippen MR) is 56.6 cm³/mol. The number of nitrogens with two attached hydrogens (primary N) is 1. The average Bonchev–Trinajstić information content (AvgIpc) is 2.29. The van der Waals surface area contributed by atoms with Crippen LogP contribution in [0.4, 0.5) is 17.6 Å². The lowest BCUT2D eigenvalue weighted by Crippen LogP contribution is -2.20. The molecule has 0 fully saturated rings. The summed E-state index contributed by atoms with van der Waals surface area (Å²) in [5, 5.41) is 0. The molecule has 0 saturated heterocycles. The molecule has 0 aliphatic heterocycles. The maximum Gasteiger partial charge on any atom is 0.573 e. The Hall–Kier alpha value is -1.83. The number of carbonyl (C=O) groups is 1. The lowest BCUT2D eigenvalue weighted by molar-refractivity contribution is -0.274. The predicted octanol–water partition coefficient (Wildman–Crippen LogP) is 2.29. The Morgan fingerprint density at radius 1 is 1.42 bits per heavy atom. The van der Waals surface area contributed by atoms with E-state index in [9.17, 15) is 22.4 Å². The molecule has 4 nitrogen and oxygen atoms in total. The Bertz CT molecular complexity index is 462. The Morgan fingerprint density at radius 2 is 2.05 bits per heavy atom. The summed E-state index contributed by atoms with van der Waals surface area (Å²) in [4.78, 5) is 11.0. The van der Waals surface area contributed by atoms with Crippen LogP contribution in [-0.2, 0) is 9.53 Å². The molecule has 1 rings (SSSR count). The van der Waals surface area contributed by atoms with Crippen LogP contribution in [0.15, 0.2) is 18.2 Å². The van der Waals surface area contributed by atoms with Gasteiger partial charge in [-0.25, -0.2) is 4.39 Å². The van der Waals surface area contributed by atoms with Crippen molar-refractivity contribution in [3.8, 4) is 5.75 Å². The molecule has 0 aromatic heterocycles. The Morgan fingerprint density at radius 3 is 2.58 bits per heavy atom. The SMILES string of the molecule is COC(=O)C[C@@H](N)c1cc(OC(F)(F)F)ccc1F. The van der Waals surface area contributed by atoms with Gasteiger partial charge in [0.25, 0.3) is 0 Å². The minimum absolute atomic E-state index is 0.257. The van der Waals surface area contributed by atoms with Crippen molar-refractivity contribution in [3.05, 3.63) is 29.6 Å². The number of halogens is 4. The van der Waals surface area contributed by atoms with E-state index in [1.807, 2.05) is 0 Å². The van der Waals surface area contributed by atoms with Gasteiger partial charge in [0.05, 0.1) is 13.5 Å². The zero-order chi connectivity index (χ0) is 14.6. The van der Waals surface area contributed by atoms with Gasteiger partial charge in [-0.1, -0.05) is 0 Å². The highest BCUT2D eigenvalue weighted by molar-refractivity contribution is 5.70. The number of hydrogen-bond acceptors (Lipinski definition) is 4. The van der Waals surface area contributed by atoms with Crippen LogP contribution in [0.2, 0.25) is 0 Å². The van der Waals surface area contributed by atoms with Crippen molar-refractivity contribution in [2.75, 3.05) is 7.11 Å². The number of rotatable bonds is 4. The third kappa shape index (κ3) is 4.74. The minimum atomic E-state index is -4.89. The molecule has 8 heteroatoms. The van der Waals surface area contributed by atoms with Crippen LogP contribution in [0.1, 0.15) is 18.0 Å². The van der Waals surface area contributed by atoms with Gasteiger partial charge in [-0.2, -0.15) is 0 Å². The highest BCUT2D eigenvalue weighted by atomic mass is 19.4. The van der Waals surface area contributed by atoms with E-state index in [1.165, 1.54) is 0 Å². The molecule has 19 heavy (non-hydrogen) atoms. The third-order valence-corrected chi connectivity index (χ3v) is 2.21. The number of carbonyl (C=O) groups excluding carboxylic acids is 1. The largest absolute Gasteiger partial charge is 0.573 e. The fourth-order valence-electron chi connectivity index (χ4n) is 1.38. The first kappa shape index (κ1) is 15.2. The smallest absolute Gasteiger partial charge is 0.469 e. The van der Waals surface area contributed by atoms with Gasteiger partial charge in [0.1, 0.15) is 11.6 Å². The van der Waals surface area contributed by atoms with E-state index in [0.29, 0.717) is 0 Å². The standard InChI is InChI=1S/C11H11F4NO3/c1-18-10(17)5-9(16)7-4-6(2-3-8(7)12)19-11(13,14)15/h2-4,9H,5,16H2,1H3/t9-/m1/s1. The molecule has 1 atom stereocenters. The molecular formula is C11H11F4NO3. The molecule has 1 aromatic rings. The van der Waals surface area contributed by atoms with E-state index in [1.54, 1.807) is 0 Å². The lowest BCUT2D eigenvalue weighted by Gasteiger charge is -2.14. The minimum Gasteiger partial charge on any atom is -0.469 e. The van der Waals surface area contributed by atoms with E-state index >= 15 is 0 Å². The summed E-state index contributed by atoms with van der Waals surface area (Å²) in [6.45, 7) is 0. The van der Waals surface area contributed by atoms with Crippen LogP contribution in [0, 0.1) is 5.82 Å². The Labute approximate surface area is 106 Å². The van der Waals surface area contributed by atoms with Crippen molar-refractivity contribution in [3.63, 3.8) is 0 Å². The number of hydrogen-bond donors (Lipinski definition) is 1. The molecular weight excluding hydrogens is 270 g/mol. The Kier molecular flexibility index (Phi) is 4.71. The first-order valence-corrected chi connectivity index (χ1v) is 5.10. The fraction of sp³-hybridized carbons (Fsp3) is 0.364. The highest BCUT2D eigenvalue weighted by Gasteiger charge is 2.31. The van der Waals surface area contributed by atoms with Crippen LogP contribution in [-0.4, -0.2) is 19.4 Å². The first-order valence-electron chi connectivity index (χ1n) is 5.10. The molecule has 0 aliphatic rings. The molecule has 0 aliphatic carbocycles. The number of benzene rings is 1. The van der Waals surface area contributed by atoms with Crippen molar-refractivity contribution in [1.82, 2.24) is 0 Å². The van der Waals surface area contributed by atoms with Crippen LogP contribution in [0.3, 0.4) is 0 Å². The summed E-state index contributed by atoms with van der Waals surface area (Å²) >= 11 is 0. The topological polar surface area (TPSA) is 61.5 Å². The molecule has 0 amide bonds. The zero-order valence-electron chi connectivity index (χ0n) is 9.83. The van der Waals surface area contributed by atoms with Gasteiger partial charge >= 0.3 is 12.3 Å². The van der Waals surface area contributed by atoms with Crippen molar-refractivity contribution in [1.29, 1.82) is 0 Å². The van der Waals surface area contributed by atoms with E-state index in [0.717, 1.165) is 25.3 Å². The third-order valence-electron chi connectivity index (χ3n) is 2.21. The maximum absolute atomic E-state index is 13.4. The molecule has 0 unspecified atom stereocenters. The zero-order valence-corrected chi connectivity index (χ0v) is 9.83. The second-order valence-corrected chi connectivity index (χ2v) is 3.62. The monoisotopic (exact) mass is 281 g/mol. The van der Waals surface area contributed by atoms with E-state index in [2.05, 4.69) is 9.47 Å². The van der Waals surface area contributed by atoms with Gasteiger partial charge < -0.3 is 15.2 Å². The van der Waals surface area contributed by atoms with Crippen molar-refractivity contribution >= 4 is 5.97 Å².